The minimum Gasteiger partial charge on any atom is -0.310 e. The van der Waals surface area contributed by atoms with Crippen LogP contribution in [0.4, 0.5) is 34.1 Å². The zero-order chi connectivity index (χ0) is 42.5. The maximum Gasteiger partial charge on any atom is 0.0543 e. The van der Waals surface area contributed by atoms with Crippen molar-refractivity contribution in [2.45, 2.75) is 53.4 Å². The van der Waals surface area contributed by atoms with E-state index in [1.54, 1.807) is 0 Å². The van der Waals surface area contributed by atoms with Crippen molar-refractivity contribution in [3.05, 3.63) is 216 Å². The molecule has 0 saturated carbocycles. The molecule has 0 N–H and O–H groups in total. The second-order valence-corrected chi connectivity index (χ2v) is 17.4. The summed E-state index contributed by atoms with van der Waals surface area (Å²) in [5, 5.41) is 7.80. The Bertz CT molecular complexity index is 2970. The Labute approximate surface area is 366 Å². The summed E-state index contributed by atoms with van der Waals surface area (Å²) in [5.74, 6) is 0.598. The molecule has 0 amide bonds. The molecule has 0 fully saturated rings. The van der Waals surface area contributed by atoms with E-state index in [0.717, 1.165) is 11.4 Å². The number of anilines is 6. The molecule has 2 nitrogen and oxygen atoms in total. The Morgan fingerprint density at radius 3 is 0.984 bits per heavy atom. The Kier molecular flexibility index (Phi) is 10.1. The first-order chi connectivity index (χ1) is 30.3. The molecule has 0 spiro atoms. The molecule has 302 valence electrons. The van der Waals surface area contributed by atoms with Crippen molar-refractivity contribution in [1.82, 2.24) is 0 Å². The predicted molar refractivity (Wildman–Crippen MR) is 268 cm³/mol. The Morgan fingerprint density at radius 1 is 0.306 bits per heavy atom. The number of benzene rings is 10. The van der Waals surface area contributed by atoms with Crippen LogP contribution in [0.15, 0.2) is 194 Å². The quantitative estimate of drug-likeness (QED) is 0.127. The van der Waals surface area contributed by atoms with Crippen LogP contribution in [0, 0.1) is 13.8 Å². The molecular formula is C60H52N2. The van der Waals surface area contributed by atoms with E-state index < -0.39 is 0 Å². The molecule has 0 aliphatic rings. The molecule has 10 aromatic rings. The van der Waals surface area contributed by atoms with Gasteiger partial charge >= 0.3 is 0 Å². The van der Waals surface area contributed by atoms with Gasteiger partial charge in [-0.15, -0.1) is 0 Å². The normalized spacial score (nSPS) is 11.7. The number of para-hydroxylation sites is 2. The summed E-state index contributed by atoms with van der Waals surface area (Å²) >= 11 is 0. The SMILES string of the molecule is Cc1cc(-c2ccccc2)ccc1N(c1ccccc1)c1cc(C(C)C)c2ccc3c(N(c4ccccc4)c4ccc(-c5ccccc5)cc4C)cc(C(C)C)c4ccc1c2c43. The van der Waals surface area contributed by atoms with Crippen LogP contribution < -0.4 is 9.80 Å². The number of aryl methyl sites for hydroxylation is 2. The fourth-order valence-electron chi connectivity index (χ4n) is 9.74. The lowest BCUT2D eigenvalue weighted by molar-refractivity contribution is 0.875. The van der Waals surface area contributed by atoms with Gasteiger partial charge in [-0.3, -0.25) is 0 Å². The fraction of sp³-hybridized carbons (Fsp3) is 0.133. The maximum absolute atomic E-state index is 2.50. The molecule has 0 atom stereocenters. The minimum absolute atomic E-state index is 0.299. The third-order valence-corrected chi connectivity index (χ3v) is 12.8. The molecule has 10 rings (SSSR count). The molecule has 0 saturated heterocycles. The van der Waals surface area contributed by atoms with Crippen molar-refractivity contribution >= 4 is 66.4 Å². The fourth-order valence-corrected chi connectivity index (χ4v) is 9.74. The van der Waals surface area contributed by atoms with Crippen LogP contribution in [-0.2, 0) is 0 Å². The van der Waals surface area contributed by atoms with Crippen LogP contribution in [-0.4, -0.2) is 0 Å². The van der Waals surface area contributed by atoms with E-state index in [9.17, 15) is 0 Å². The largest absolute Gasteiger partial charge is 0.310 e. The second-order valence-electron chi connectivity index (χ2n) is 17.4. The second kappa shape index (κ2) is 16.0. The highest BCUT2D eigenvalue weighted by Crippen LogP contribution is 2.51. The molecule has 0 unspecified atom stereocenters. The van der Waals surface area contributed by atoms with Crippen molar-refractivity contribution in [3.8, 4) is 22.3 Å². The molecule has 62 heavy (non-hydrogen) atoms. The van der Waals surface area contributed by atoms with Crippen LogP contribution in [0.5, 0.6) is 0 Å². The zero-order valence-corrected chi connectivity index (χ0v) is 36.5. The molecule has 0 aliphatic heterocycles. The lowest BCUT2D eigenvalue weighted by Gasteiger charge is -2.32. The van der Waals surface area contributed by atoms with Gasteiger partial charge in [0.15, 0.2) is 0 Å². The standard InChI is InChI=1S/C60H52N2/c1-39(2)53-37-57(61(47-23-15-9-16-24-47)55-33-27-45(35-41(55)5)43-19-11-7-12-20-43)51-32-30-50-54(40(3)4)38-58(52-31-29-49(53)59(51)60(50)52)62(48-25-17-10-18-26-48)56-34-28-46(36-42(56)6)44-21-13-8-14-22-44/h7-40H,1-6H3. The van der Waals surface area contributed by atoms with Gasteiger partial charge in [0.25, 0.3) is 0 Å². The van der Waals surface area contributed by atoms with Crippen LogP contribution >= 0.6 is 0 Å². The lowest BCUT2D eigenvalue weighted by atomic mass is 9.84. The Hall–Kier alpha value is -7.16. The average molecular weight is 801 g/mol. The lowest BCUT2D eigenvalue weighted by Crippen LogP contribution is -2.14. The van der Waals surface area contributed by atoms with Gasteiger partial charge < -0.3 is 9.80 Å². The van der Waals surface area contributed by atoms with Crippen molar-refractivity contribution in [2.75, 3.05) is 9.80 Å². The first kappa shape index (κ1) is 39.0. The van der Waals surface area contributed by atoms with E-state index in [1.165, 1.54) is 99.6 Å². The predicted octanol–water partition coefficient (Wildman–Crippen LogP) is 17.7. The summed E-state index contributed by atoms with van der Waals surface area (Å²) in [6.07, 6.45) is 0. The van der Waals surface area contributed by atoms with E-state index in [-0.39, 0.29) is 0 Å². The summed E-state index contributed by atoms with van der Waals surface area (Å²) in [6, 6.07) is 71.7. The molecule has 0 aliphatic carbocycles. The number of rotatable bonds is 10. The van der Waals surface area contributed by atoms with Gasteiger partial charge in [0, 0.05) is 33.5 Å². The summed E-state index contributed by atoms with van der Waals surface area (Å²) < 4.78 is 0. The first-order valence-electron chi connectivity index (χ1n) is 22.1. The molecule has 0 bridgehead atoms. The van der Waals surface area contributed by atoms with Crippen molar-refractivity contribution in [2.24, 2.45) is 0 Å². The van der Waals surface area contributed by atoms with Crippen molar-refractivity contribution < 1.29 is 0 Å². The number of hydrogen-bond acceptors (Lipinski definition) is 2. The monoisotopic (exact) mass is 800 g/mol. The number of nitrogens with zero attached hydrogens (tertiary/aromatic N) is 2. The molecule has 0 radical (unpaired) electrons. The van der Waals surface area contributed by atoms with E-state index in [0.29, 0.717) is 11.8 Å². The summed E-state index contributed by atoms with van der Waals surface area (Å²) in [6.45, 7) is 13.9. The van der Waals surface area contributed by atoms with E-state index in [2.05, 4.69) is 245 Å². The van der Waals surface area contributed by atoms with Gasteiger partial charge in [0.1, 0.15) is 0 Å². The van der Waals surface area contributed by atoms with Gasteiger partial charge in [-0.2, -0.15) is 0 Å². The van der Waals surface area contributed by atoms with E-state index in [4.69, 9.17) is 0 Å². The van der Waals surface area contributed by atoms with Crippen LogP contribution in [0.2, 0.25) is 0 Å². The maximum atomic E-state index is 2.50. The van der Waals surface area contributed by atoms with Crippen LogP contribution in [0.3, 0.4) is 0 Å². The Morgan fingerprint density at radius 2 is 0.645 bits per heavy atom. The summed E-state index contributed by atoms with van der Waals surface area (Å²) in [4.78, 5) is 5.00. The third kappa shape index (κ3) is 6.77. The van der Waals surface area contributed by atoms with Gasteiger partial charge in [-0.1, -0.05) is 161 Å². The highest BCUT2D eigenvalue weighted by Gasteiger charge is 2.27. The molecule has 10 aromatic carbocycles. The highest BCUT2D eigenvalue weighted by atomic mass is 15.2. The van der Waals surface area contributed by atoms with Gasteiger partial charge in [0.05, 0.1) is 11.4 Å². The zero-order valence-electron chi connectivity index (χ0n) is 36.5. The molecule has 0 heterocycles. The topological polar surface area (TPSA) is 6.48 Å². The van der Waals surface area contributed by atoms with Crippen molar-refractivity contribution in [3.63, 3.8) is 0 Å². The van der Waals surface area contributed by atoms with E-state index >= 15 is 0 Å². The Balaban J connectivity index is 1.27. The summed E-state index contributed by atoms with van der Waals surface area (Å²) in [5.41, 5.74) is 17.1. The molecular weight excluding hydrogens is 749 g/mol. The third-order valence-electron chi connectivity index (χ3n) is 12.8. The van der Waals surface area contributed by atoms with Crippen LogP contribution in [0.1, 0.15) is 61.8 Å². The highest BCUT2D eigenvalue weighted by molar-refractivity contribution is 6.29. The van der Waals surface area contributed by atoms with Gasteiger partial charge in [-0.05, 0) is 152 Å². The number of hydrogen-bond donors (Lipinski definition) is 0. The average Bonchev–Trinajstić information content (AvgIpc) is 3.31. The molecule has 2 heteroatoms. The first-order valence-corrected chi connectivity index (χ1v) is 22.1. The van der Waals surface area contributed by atoms with Crippen molar-refractivity contribution in [1.29, 1.82) is 0 Å². The molecule has 0 aromatic heterocycles. The van der Waals surface area contributed by atoms with E-state index in [1.807, 2.05) is 0 Å². The van der Waals surface area contributed by atoms with Gasteiger partial charge in [-0.25, -0.2) is 0 Å². The van der Waals surface area contributed by atoms with Gasteiger partial charge in [0.2, 0.25) is 0 Å². The summed E-state index contributed by atoms with van der Waals surface area (Å²) in [7, 11) is 0. The minimum atomic E-state index is 0.299. The van der Waals surface area contributed by atoms with Crippen LogP contribution in [0.25, 0.3) is 54.6 Å². The smallest absolute Gasteiger partial charge is 0.0543 e.